The van der Waals surface area contributed by atoms with Gasteiger partial charge in [-0.25, -0.2) is 4.39 Å². The third-order valence-electron chi connectivity index (χ3n) is 7.47. The molecule has 1 amide bonds. The Bertz CT molecular complexity index is 1410. The first-order valence-electron chi connectivity index (χ1n) is 11.7. The largest absolute Gasteiger partial charge is 0.386 e. The van der Waals surface area contributed by atoms with Crippen molar-refractivity contribution in [1.82, 2.24) is 9.88 Å². The van der Waals surface area contributed by atoms with Gasteiger partial charge >= 0.3 is 0 Å². The highest BCUT2D eigenvalue weighted by molar-refractivity contribution is 6.30. The molecule has 2 N–H and O–H groups in total. The Morgan fingerprint density at radius 2 is 1.92 bits per heavy atom. The summed E-state index contributed by atoms with van der Waals surface area (Å²) < 4.78 is 16.1. The third kappa shape index (κ3) is 3.44. The molecular formula is C28H25ClFN3O3. The zero-order valence-corrected chi connectivity index (χ0v) is 20.8. The van der Waals surface area contributed by atoms with E-state index in [2.05, 4.69) is 4.98 Å². The Morgan fingerprint density at radius 1 is 1.25 bits per heavy atom. The molecule has 6 nitrogen and oxygen atoms in total. The van der Waals surface area contributed by atoms with Crippen LogP contribution in [-0.4, -0.2) is 31.6 Å². The van der Waals surface area contributed by atoms with Gasteiger partial charge in [0.2, 0.25) is 0 Å². The number of fused-ring (bicyclic) bond motifs is 1. The van der Waals surface area contributed by atoms with Crippen molar-refractivity contribution in [3.8, 4) is 6.07 Å². The molecule has 0 radical (unpaired) electrons. The van der Waals surface area contributed by atoms with Crippen LogP contribution >= 0.6 is 11.6 Å². The quantitative estimate of drug-likeness (QED) is 0.526. The van der Waals surface area contributed by atoms with Gasteiger partial charge in [0.25, 0.3) is 5.91 Å². The molecule has 1 fully saturated rings. The minimum atomic E-state index is -1.55. The van der Waals surface area contributed by atoms with Crippen LogP contribution in [0.4, 0.5) is 4.39 Å². The molecular weight excluding hydrogens is 481 g/mol. The molecule has 3 atom stereocenters. The Balaban J connectivity index is 1.81. The molecule has 1 saturated carbocycles. The molecule has 36 heavy (non-hydrogen) atoms. The van der Waals surface area contributed by atoms with E-state index in [1.807, 2.05) is 13.0 Å². The standard InChI is InChI=1S/C28H25ClFN3O3/c1-16-12-27(16,36)28(18-5-7-20(29)8-6-18)24-22(10-19(11-23(24)30)26(2,3)35)25(34)33(28)15-21-9-4-17(13-31)14-32-21/h4-11,14,16,35-36H,12,15H2,1-3H3/t16?,27?,28-/m1/s1. The highest BCUT2D eigenvalue weighted by atomic mass is 35.5. The summed E-state index contributed by atoms with van der Waals surface area (Å²) >= 11 is 6.17. The van der Waals surface area contributed by atoms with Crippen molar-refractivity contribution in [1.29, 1.82) is 5.26 Å². The van der Waals surface area contributed by atoms with E-state index in [1.165, 1.54) is 37.1 Å². The summed E-state index contributed by atoms with van der Waals surface area (Å²) in [5, 5.41) is 32.2. The van der Waals surface area contributed by atoms with E-state index in [4.69, 9.17) is 16.9 Å². The molecule has 3 aromatic rings. The number of halogens is 2. The zero-order chi connectivity index (χ0) is 26.0. The minimum Gasteiger partial charge on any atom is -0.386 e. The van der Waals surface area contributed by atoms with Gasteiger partial charge in [-0.05, 0) is 73.7 Å². The van der Waals surface area contributed by atoms with E-state index in [9.17, 15) is 15.0 Å². The van der Waals surface area contributed by atoms with Gasteiger partial charge in [-0.1, -0.05) is 30.7 Å². The summed E-state index contributed by atoms with van der Waals surface area (Å²) in [5.74, 6) is -1.39. The van der Waals surface area contributed by atoms with E-state index >= 15 is 4.39 Å². The van der Waals surface area contributed by atoms with E-state index in [-0.39, 0.29) is 29.2 Å². The molecule has 1 aliphatic heterocycles. The fraction of sp³-hybridized carbons (Fsp3) is 0.321. The van der Waals surface area contributed by atoms with Crippen molar-refractivity contribution in [3.63, 3.8) is 0 Å². The van der Waals surface area contributed by atoms with Crippen LogP contribution in [0.1, 0.15) is 65.5 Å². The number of benzene rings is 2. The van der Waals surface area contributed by atoms with Crippen LogP contribution in [0, 0.1) is 23.1 Å². The minimum absolute atomic E-state index is 0.0336. The summed E-state index contributed by atoms with van der Waals surface area (Å²) in [6.45, 7) is 4.87. The second kappa shape index (κ2) is 8.10. The van der Waals surface area contributed by atoms with Gasteiger partial charge in [-0.3, -0.25) is 9.78 Å². The zero-order valence-electron chi connectivity index (χ0n) is 20.1. The molecule has 2 heterocycles. The van der Waals surface area contributed by atoms with Crippen LogP contribution in [0.15, 0.2) is 54.7 Å². The average molecular weight is 506 g/mol. The number of hydrogen-bond acceptors (Lipinski definition) is 5. The molecule has 1 aliphatic carbocycles. The van der Waals surface area contributed by atoms with Crippen LogP contribution in [-0.2, 0) is 17.7 Å². The Kier molecular flexibility index (Phi) is 5.49. The first-order valence-corrected chi connectivity index (χ1v) is 12.0. The molecule has 2 aromatic carbocycles. The molecule has 0 spiro atoms. The third-order valence-corrected chi connectivity index (χ3v) is 7.73. The van der Waals surface area contributed by atoms with E-state index in [1.54, 1.807) is 36.4 Å². The molecule has 0 saturated heterocycles. The lowest BCUT2D eigenvalue weighted by Crippen LogP contribution is -2.55. The molecule has 1 aromatic heterocycles. The van der Waals surface area contributed by atoms with Gasteiger partial charge < -0.3 is 15.1 Å². The lowest BCUT2D eigenvalue weighted by molar-refractivity contribution is -0.0245. The second-order valence-corrected chi connectivity index (χ2v) is 10.7. The Hall–Kier alpha value is -3.31. The number of carbonyl (C=O) groups is 1. The van der Waals surface area contributed by atoms with Crippen LogP contribution in [0.3, 0.4) is 0 Å². The fourth-order valence-corrected chi connectivity index (χ4v) is 5.60. The van der Waals surface area contributed by atoms with Crippen LogP contribution in [0.25, 0.3) is 0 Å². The van der Waals surface area contributed by atoms with Crippen LogP contribution < -0.4 is 0 Å². The van der Waals surface area contributed by atoms with Crippen molar-refractivity contribution < 1.29 is 19.4 Å². The van der Waals surface area contributed by atoms with Gasteiger partial charge in [0.15, 0.2) is 0 Å². The van der Waals surface area contributed by atoms with E-state index in [0.29, 0.717) is 28.3 Å². The summed E-state index contributed by atoms with van der Waals surface area (Å²) in [7, 11) is 0. The van der Waals surface area contributed by atoms with Gasteiger partial charge in [0.1, 0.15) is 17.4 Å². The number of aromatic nitrogens is 1. The number of nitrogens with zero attached hydrogens (tertiary/aromatic N) is 3. The van der Waals surface area contributed by atoms with Gasteiger partial charge in [-0.15, -0.1) is 0 Å². The number of hydrogen-bond donors (Lipinski definition) is 2. The topological polar surface area (TPSA) is 97.5 Å². The highest BCUT2D eigenvalue weighted by Gasteiger charge is 2.72. The highest BCUT2D eigenvalue weighted by Crippen LogP contribution is 2.64. The second-order valence-electron chi connectivity index (χ2n) is 10.2. The molecule has 8 heteroatoms. The number of rotatable bonds is 5. The summed E-state index contributed by atoms with van der Waals surface area (Å²) in [4.78, 5) is 19.9. The number of nitriles is 1. The van der Waals surface area contributed by atoms with Gasteiger partial charge in [-0.2, -0.15) is 5.26 Å². The van der Waals surface area contributed by atoms with E-state index < -0.39 is 28.5 Å². The predicted molar refractivity (Wildman–Crippen MR) is 131 cm³/mol. The summed E-state index contributed by atoms with van der Waals surface area (Å²) in [5.41, 5.74) is -2.60. The van der Waals surface area contributed by atoms with Gasteiger partial charge in [0, 0.05) is 22.3 Å². The first kappa shape index (κ1) is 24.4. The monoisotopic (exact) mass is 505 g/mol. The maximum Gasteiger partial charge on any atom is 0.255 e. The maximum atomic E-state index is 16.1. The predicted octanol–water partition coefficient (Wildman–Crippen LogP) is 4.64. The molecule has 5 rings (SSSR count). The fourth-order valence-electron chi connectivity index (χ4n) is 5.47. The number of amides is 1. The van der Waals surface area contributed by atoms with Gasteiger partial charge in [0.05, 0.1) is 29.0 Å². The van der Waals surface area contributed by atoms with Crippen LogP contribution in [0.2, 0.25) is 5.02 Å². The smallest absolute Gasteiger partial charge is 0.255 e. The van der Waals surface area contributed by atoms with Crippen molar-refractivity contribution in [2.75, 3.05) is 0 Å². The molecule has 2 unspecified atom stereocenters. The van der Waals surface area contributed by atoms with Crippen molar-refractivity contribution in [3.05, 3.63) is 99.1 Å². The van der Waals surface area contributed by atoms with Crippen molar-refractivity contribution >= 4 is 17.5 Å². The molecule has 184 valence electrons. The Morgan fingerprint density at radius 3 is 2.44 bits per heavy atom. The molecule has 2 aliphatic rings. The summed E-state index contributed by atoms with van der Waals surface area (Å²) in [6.07, 6.45) is 1.76. The Labute approximate surface area is 213 Å². The lowest BCUT2D eigenvalue weighted by atomic mass is 9.74. The molecule has 0 bridgehead atoms. The number of carbonyl (C=O) groups excluding carboxylic acids is 1. The van der Waals surface area contributed by atoms with E-state index in [0.717, 1.165) is 0 Å². The average Bonchev–Trinajstić information content (AvgIpc) is 3.37. The van der Waals surface area contributed by atoms with Crippen molar-refractivity contribution in [2.24, 2.45) is 5.92 Å². The van der Waals surface area contributed by atoms with Crippen molar-refractivity contribution in [2.45, 2.75) is 50.5 Å². The number of aliphatic hydroxyl groups is 2. The SMILES string of the molecule is CC1CC1(O)[C@@]1(c2ccc(Cl)cc2)c2c(F)cc(C(C)(C)O)cc2C(=O)N1Cc1ccc(C#N)cn1. The van der Waals surface area contributed by atoms with Crippen LogP contribution in [0.5, 0.6) is 0 Å². The maximum absolute atomic E-state index is 16.1. The lowest BCUT2D eigenvalue weighted by Gasteiger charge is -2.44. The normalized spacial score (nSPS) is 25.0. The first-order chi connectivity index (χ1) is 16.9. The number of pyridine rings is 1. The summed E-state index contributed by atoms with van der Waals surface area (Å²) in [6, 6.07) is 14.7.